The lowest BCUT2D eigenvalue weighted by Gasteiger charge is -2.18. The highest BCUT2D eigenvalue weighted by Crippen LogP contribution is 2.23. The minimum absolute atomic E-state index is 0.0134. The zero-order valence-electron chi connectivity index (χ0n) is 18.4. The molecular weight excluding hydrogens is 400 g/mol. The highest BCUT2D eigenvalue weighted by Gasteiger charge is 2.17. The molecule has 0 amide bonds. The van der Waals surface area contributed by atoms with Crippen molar-refractivity contribution in [1.82, 2.24) is 10.6 Å². The molecule has 1 aliphatic rings. The van der Waals surface area contributed by atoms with Crippen LogP contribution >= 0.6 is 0 Å². The van der Waals surface area contributed by atoms with Crippen LogP contribution in [0.1, 0.15) is 36.0 Å². The number of halogens is 2. The minimum Gasteiger partial charge on any atom is -0.493 e. The van der Waals surface area contributed by atoms with Gasteiger partial charge in [0.15, 0.2) is 17.6 Å². The largest absolute Gasteiger partial charge is 0.493 e. The summed E-state index contributed by atoms with van der Waals surface area (Å²) in [6, 6.07) is 10.2. The summed E-state index contributed by atoms with van der Waals surface area (Å²) in [6.45, 7) is 7.29. The highest BCUT2D eigenvalue weighted by molar-refractivity contribution is 5.79. The average Bonchev–Trinajstić information content (AvgIpc) is 3.28. The van der Waals surface area contributed by atoms with Crippen molar-refractivity contribution in [2.75, 3.05) is 33.4 Å². The molecule has 0 bridgehead atoms. The van der Waals surface area contributed by atoms with E-state index < -0.39 is 11.6 Å². The van der Waals surface area contributed by atoms with Crippen molar-refractivity contribution in [3.63, 3.8) is 0 Å². The van der Waals surface area contributed by atoms with E-state index in [0.29, 0.717) is 31.6 Å². The molecule has 2 unspecified atom stereocenters. The second kappa shape index (κ2) is 11.1. The monoisotopic (exact) mass is 431 g/mol. The normalized spacial score (nSPS) is 17.5. The maximum atomic E-state index is 13.5. The van der Waals surface area contributed by atoms with E-state index in [2.05, 4.69) is 27.8 Å². The van der Waals surface area contributed by atoms with Crippen LogP contribution in [0.25, 0.3) is 0 Å². The maximum absolute atomic E-state index is 13.5. The van der Waals surface area contributed by atoms with Gasteiger partial charge in [0.1, 0.15) is 5.75 Å². The number of guanidine groups is 1. The van der Waals surface area contributed by atoms with Crippen molar-refractivity contribution in [3.8, 4) is 5.75 Å². The number of aryl methyl sites for hydroxylation is 1. The molecule has 0 saturated carbocycles. The summed E-state index contributed by atoms with van der Waals surface area (Å²) >= 11 is 0. The van der Waals surface area contributed by atoms with Crippen molar-refractivity contribution in [1.29, 1.82) is 0 Å². The molecule has 0 aromatic heterocycles. The van der Waals surface area contributed by atoms with E-state index in [4.69, 9.17) is 9.47 Å². The van der Waals surface area contributed by atoms with Gasteiger partial charge in [0, 0.05) is 38.2 Å². The summed E-state index contributed by atoms with van der Waals surface area (Å²) in [5.74, 6) is 0.255. The third-order valence-electron chi connectivity index (χ3n) is 5.48. The van der Waals surface area contributed by atoms with Crippen molar-refractivity contribution in [3.05, 3.63) is 64.7 Å². The van der Waals surface area contributed by atoms with Crippen LogP contribution in [0.2, 0.25) is 0 Å². The molecule has 2 aromatic carbocycles. The Bertz CT molecular complexity index is 898. The molecule has 1 saturated heterocycles. The first-order chi connectivity index (χ1) is 15.0. The molecule has 2 N–H and O–H groups in total. The molecule has 168 valence electrons. The van der Waals surface area contributed by atoms with Crippen molar-refractivity contribution in [2.45, 2.75) is 32.7 Å². The highest BCUT2D eigenvalue weighted by atomic mass is 19.2. The second-order valence-corrected chi connectivity index (χ2v) is 8.03. The molecule has 0 radical (unpaired) electrons. The molecule has 1 fully saturated rings. The van der Waals surface area contributed by atoms with Crippen LogP contribution in [0.15, 0.2) is 41.4 Å². The Morgan fingerprint density at radius 2 is 2.03 bits per heavy atom. The maximum Gasteiger partial charge on any atom is 0.191 e. The van der Waals surface area contributed by atoms with E-state index in [1.165, 1.54) is 6.07 Å². The summed E-state index contributed by atoms with van der Waals surface area (Å²) in [5.41, 5.74) is 2.91. The molecule has 1 aliphatic heterocycles. The van der Waals surface area contributed by atoms with Gasteiger partial charge in [-0.25, -0.2) is 8.78 Å². The van der Waals surface area contributed by atoms with Gasteiger partial charge in [-0.3, -0.25) is 4.99 Å². The molecule has 5 nitrogen and oxygen atoms in total. The lowest BCUT2D eigenvalue weighted by atomic mass is 10.0. The molecule has 2 atom stereocenters. The first kappa shape index (κ1) is 23.0. The molecule has 1 heterocycles. The molecule has 2 aromatic rings. The van der Waals surface area contributed by atoms with Gasteiger partial charge in [0.2, 0.25) is 0 Å². The van der Waals surface area contributed by atoms with Gasteiger partial charge in [0.25, 0.3) is 0 Å². The number of ether oxygens (including phenoxy) is 2. The van der Waals surface area contributed by atoms with Gasteiger partial charge in [-0.1, -0.05) is 25.1 Å². The zero-order valence-corrected chi connectivity index (χ0v) is 18.4. The Kier molecular flexibility index (Phi) is 8.23. The van der Waals surface area contributed by atoms with E-state index in [9.17, 15) is 8.78 Å². The summed E-state index contributed by atoms with van der Waals surface area (Å²) in [5, 5.41) is 6.55. The Hall–Kier alpha value is -2.67. The first-order valence-electron chi connectivity index (χ1n) is 10.7. The fourth-order valence-electron chi connectivity index (χ4n) is 3.45. The molecule has 0 spiro atoms. The fraction of sp³-hybridized carbons (Fsp3) is 0.458. The third-order valence-corrected chi connectivity index (χ3v) is 5.48. The van der Waals surface area contributed by atoms with Crippen LogP contribution in [0.5, 0.6) is 5.75 Å². The number of hydrogen-bond acceptors (Lipinski definition) is 3. The topological polar surface area (TPSA) is 54.9 Å². The SMILES string of the molecule is CN=C(NCc1ccc(C)cc1OCC1CCOC1)NCC(C)c1ccc(F)c(F)c1. The minimum atomic E-state index is -0.835. The van der Waals surface area contributed by atoms with Crippen molar-refractivity contribution >= 4 is 5.96 Å². The van der Waals surface area contributed by atoms with E-state index in [1.807, 2.05) is 19.9 Å². The summed E-state index contributed by atoms with van der Waals surface area (Å²) in [4.78, 5) is 4.26. The summed E-state index contributed by atoms with van der Waals surface area (Å²) in [6.07, 6.45) is 1.03. The third kappa shape index (κ3) is 6.66. The molecule has 7 heteroatoms. The van der Waals surface area contributed by atoms with Gasteiger partial charge in [-0.15, -0.1) is 0 Å². The van der Waals surface area contributed by atoms with Gasteiger partial charge < -0.3 is 20.1 Å². The lowest BCUT2D eigenvalue weighted by Crippen LogP contribution is -2.38. The number of nitrogens with one attached hydrogen (secondary N) is 2. The van der Waals surface area contributed by atoms with Crippen LogP contribution in [-0.2, 0) is 11.3 Å². The summed E-state index contributed by atoms with van der Waals surface area (Å²) < 4.78 is 38.2. The summed E-state index contributed by atoms with van der Waals surface area (Å²) in [7, 11) is 1.70. The van der Waals surface area contributed by atoms with Crippen LogP contribution in [0.3, 0.4) is 0 Å². The molecule has 0 aliphatic carbocycles. The van der Waals surface area contributed by atoms with E-state index in [-0.39, 0.29) is 5.92 Å². The second-order valence-electron chi connectivity index (χ2n) is 8.03. The van der Waals surface area contributed by atoms with Crippen LogP contribution in [-0.4, -0.2) is 39.4 Å². The predicted octanol–water partition coefficient (Wildman–Crippen LogP) is 4.16. The molecular formula is C24H31F2N3O2. The van der Waals surface area contributed by atoms with E-state index in [0.717, 1.165) is 48.1 Å². The number of nitrogens with zero attached hydrogens (tertiary/aromatic N) is 1. The lowest BCUT2D eigenvalue weighted by molar-refractivity contribution is 0.166. The van der Waals surface area contributed by atoms with E-state index >= 15 is 0 Å². The number of benzene rings is 2. The van der Waals surface area contributed by atoms with Gasteiger partial charge in [0.05, 0.1) is 13.2 Å². The smallest absolute Gasteiger partial charge is 0.191 e. The van der Waals surface area contributed by atoms with Crippen LogP contribution in [0.4, 0.5) is 8.78 Å². The number of hydrogen-bond donors (Lipinski definition) is 2. The number of aliphatic imine (C=N–C) groups is 1. The van der Waals surface area contributed by atoms with Crippen LogP contribution < -0.4 is 15.4 Å². The van der Waals surface area contributed by atoms with Gasteiger partial charge in [-0.05, 0) is 48.6 Å². The van der Waals surface area contributed by atoms with Gasteiger partial charge in [-0.2, -0.15) is 0 Å². The predicted molar refractivity (Wildman–Crippen MR) is 119 cm³/mol. The van der Waals surface area contributed by atoms with Crippen molar-refractivity contribution < 1.29 is 18.3 Å². The van der Waals surface area contributed by atoms with Crippen molar-refractivity contribution in [2.24, 2.45) is 10.9 Å². The standard InChI is InChI=1S/C24H31F2N3O2/c1-16-4-5-20(23(10-16)31-15-18-8-9-30-14-18)13-29-24(27-3)28-12-17(2)19-6-7-21(25)22(26)11-19/h4-7,10-11,17-18H,8-9,12-15H2,1-3H3,(H2,27,28,29). The Balaban J connectivity index is 1.54. The quantitative estimate of drug-likeness (QED) is 0.487. The number of rotatable bonds is 8. The molecule has 31 heavy (non-hydrogen) atoms. The average molecular weight is 432 g/mol. The first-order valence-corrected chi connectivity index (χ1v) is 10.7. The fourth-order valence-corrected chi connectivity index (χ4v) is 3.45. The van der Waals surface area contributed by atoms with E-state index in [1.54, 1.807) is 13.1 Å². The van der Waals surface area contributed by atoms with Gasteiger partial charge >= 0.3 is 0 Å². The Morgan fingerprint density at radius 3 is 2.74 bits per heavy atom. The Labute approximate surface area is 182 Å². The van der Waals surface area contributed by atoms with Crippen LogP contribution in [0, 0.1) is 24.5 Å². The Morgan fingerprint density at radius 1 is 1.19 bits per heavy atom. The molecule has 3 rings (SSSR count). The zero-order chi connectivity index (χ0) is 22.2.